The minimum Gasteiger partial charge on any atom is -0.506 e. The van der Waals surface area contributed by atoms with Crippen molar-refractivity contribution in [3.63, 3.8) is 0 Å². The molecular formula is C27H31NO5. The van der Waals surface area contributed by atoms with Crippen LogP contribution >= 0.6 is 0 Å². The number of carbonyl (C=O) groups is 2. The second-order valence-corrected chi connectivity index (χ2v) is 7.96. The second-order valence-electron chi connectivity index (χ2n) is 7.96. The van der Waals surface area contributed by atoms with Gasteiger partial charge in [-0.15, -0.1) is 0 Å². The molecule has 0 fully saturated rings. The first-order chi connectivity index (χ1) is 16.0. The molecule has 0 saturated heterocycles. The third-order valence-corrected chi connectivity index (χ3v) is 5.56. The van der Waals surface area contributed by atoms with E-state index in [0.717, 1.165) is 24.6 Å². The smallest absolute Gasteiger partial charge is 0.338 e. The second kappa shape index (κ2) is 11.9. The number of amides is 1. The molecule has 0 bridgehead atoms. The number of methoxy groups -OCH3 is 1. The maximum absolute atomic E-state index is 12.9. The van der Waals surface area contributed by atoms with E-state index in [1.54, 1.807) is 36.4 Å². The fourth-order valence-electron chi connectivity index (χ4n) is 3.69. The number of phenolic OH excluding ortho intramolecular Hbond substituents is 1. The van der Waals surface area contributed by atoms with Crippen molar-refractivity contribution in [2.75, 3.05) is 19.0 Å². The summed E-state index contributed by atoms with van der Waals surface area (Å²) < 4.78 is 10.7. The van der Waals surface area contributed by atoms with Crippen LogP contribution in [0.4, 0.5) is 5.69 Å². The summed E-state index contributed by atoms with van der Waals surface area (Å²) in [5.74, 6) is -0.653. The van der Waals surface area contributed by atoms with Gasteiger partial charge in [0.1, 0.15) is 11.5 Å². The first-order valence-electron chi connectivity index (χ1n) is 11.4. The number of esters is 1. The maximum Gasteiger partial charge on any atom is 0.338 e. The summed E-state index contributed by atoms with van der Waals surface area (Å²) in [6.07, 6.45) is 6.65. The molecule has 0 atom stereocenters. The summed E-state index contributed by atoms with van der Waals surface area (Å²) in [7, 11) is 1.48. The standard InChI is InChI=1S/C27H31NO5/c1-3-4-5-6-7-10-17-33-27(31)20-14-16-24(32-2)23(18-20)28-26(30)22-15-13-19-11-8-9-12-21(19)25(22)29/h8-9,11-16,18,29H,3-7,10,17H2,1-2H3,(H,28,30). The van der Waals surface area contributed by atoms with Gasteiger partial charge in [-0.3, -0.25) is 4.79 Å². The molecule has 0 aliphatic carbocycles. The average molecular weight is 450 g/mol. The van der Waals surface area contributed by atoms with Crippen molar-refractivity contribution in [3.05, 3.63) is 65.7 Å². The number of carbonyl (C=O) groups excluding carboxylic acids is 2. The first kappa shape index (κ1) is 24.1. The SMILES string of the molecule is CCCCCCCCOC(=O)c1ccc(OC)c(NC(=O)c2ccc3ccccc3c2O)c1. The summed E-state index contributed by atoms with van der Waals surface area (Å²) in [6, 6.07) is 15.4. The summed E-state index contributed by atoms with van der Waals surface area (Å²) in [5, 5.41) is 14.8. The van der Waals surface area contributed by atoms with Crippen molar-refractivity contribution in [3.8, 4) is 11.5 Å². The predicted octanol–water partition coefficient (Wildman–Crippen LogP) is 6.32. The molecular weight excluding hydrogens is 418 g/mol. The van der Waals surface area contributed by atoms with Crippen molar-refractivity contribution in [1.82, 2.24) is 0 Å². The van der Waals surface area contributed by atoms with E-state index >= 15 is 0 Å². The Labute approximate surface area is 194 Å². The zero-order valence-corrected chi connectivity index (χ0v) is 19.2. The molecule has 2 N–H and O–H groups in total. The van der Waals surface area contributed by atoms with E-state index in [2.05, 4.69) is 12.2 Å². The molecule has 0 spiro atoms. The van der Waals surface area contributed by atoms with Crippen molar-refractivity contribution >= 4 is 28.3 Å². The van der Waals surface area contributed by atoms with E-state index in [-0.39, 0.29) is 11.3 Å². The molecule has 0 aliphatic heterocycles. The maximum atomic E-state index is 12.9. The topological polar surface area (TPSA) is 84.9 Å². The van der Waals surface area contributed by atoms with Gasteiger partial charge in [-0.1, -0.05) is 69.4 Å². The minimum absolute atomic E-state index is 0.0981. The van der Waals surface area contributed by atoms with Crippen LogP contribution in [0, 0.1) is 0 Å². The van der Waals surface area contributed by atoms with Gasteiger partial charge in [0.25, 0.3) is 5.91 Å². The lowest BCUT2D eigenvalue weighted by Crippen LogP contribution is -2.14. The number of rotatable bonds is 11. The van der Waals surface area contributed by atoms with Gasteiger partial charge >= 0.3 is 5.97 Å². The average Bonchev–Trinajstić information content (AvgIpc) is 2.83. The van der Waals surface area contributed by atoms with Crippen LogP contribution in [0.25, 0.3) is 10.8 Å². The number of hydrogen-bond donors (Lipinski definition) is 2. The Kier molecular flexibility index (Phi) is 8.70. The van der Waals surface area contributed by atoms with Crippen molar-refractivity contribution < 1.29 is 24.2 Å². The Morgan fingerprint density at radius 2 is 1.70 bits per heavy atom. The largest absolute Gasteiger partial charge is 0.506 e. The first-order valence-corrected chi connectivity index (χ1v) is 11.4. The number of unbranched alkanes of at least 4 members (excludes halogenated alkanes) is 5. The molecule has 1 amide bonds. The van der Waals surface area contributed by atoms with Gasteiger partial charge in [0.05, 0.1) is 30.5 Å². The summed E-state index contributed by atoms with van der Waals surface area (Å²) in [6.45, 7) is 2.54. The molecule has 3 aromatic carbocycles. The minimum atomic E-state index is -0.505. The highest BCUT2D eigenvalue weighted by molar-refractivity contribution is 6.10. The van der Waals surface area contributed by atoms with E-state index in [0.29, 0.717) is 29.0 Å². The highest BCUT2D eigenvalue weighted by Crippen LogP contribution is 2.31. The molecule has 3 rings (SSSR count). The van der Waals surface area contributed by atoms with Crippen molar-refractivity contribution in [1.29, 1.82) is 0 Å². The van der Waals surface area contributed by atoms with Gasteiger partial charge in [0.2, 0.25) is 0 Å². The number of fused-ring (bicyclic) bond motifs is 1. The van der Waals surface area contributed by atoms with E-state index in [9.17, 15) is 14.7 Å². The summed E-state index contributed by atoms with van der Waals surface area (Å²) in [4.78, 5) is 25.4. The Balaban J connectivity index is 1.68. The van der Waals surface area contributed by atoms with Gasteiger partial charge in [-0.2, -0.15) is 0 Å². The van der Waals surface area contributed by atoms with Gasteiger partial charge in [0, 0.05) is 5.39 Å². The fraction of sp³-hybridized carbons (Fsp3) is 0.333. The molecule has 0 radical (unpaired) electrons. The van der Waals surface area contributed by atoms with Gasteiger partial charge < -0.3 is 19.9 Å². The molecule has 0 aromatic heterocycles. The number of anilines is 1. The van der Waals surface area contributed by atoms with E-state index < -0.39 is 11.9 Å². The quantitative estimate of drug-likeness (QED) is 0.264. The lowest BCUT2D eigenvalue weighted by molar-refractivity contribution is 0.0497. The van der Waals surface area contributed by atoms with E-state index in [1.165, 1.54) is 32.4 Å². The normalized spacial score (nSPS) is 10.7. The van der Waals surface area contributed by atoms with Crippen molar-refractivity contribution in [2.24, 2.45) is 0 Å². The van der Waals surface area contributed by atoms with E-state index in [4.69, 9.17) is 9.47 Å². The van der Waals surface area contributed by atoms with Gasteiger partial charge in [-0.25, -0.2) is 4.79 Å². The fourth-order valence-corrected chi connectivity index (χ4v) is 3.69. The summed E-state index contributed by atoms with van der Waals surface area (Å²) in [5.41, 5.74) is 0.774. The van der Waals surface area contributed by atoms with Crippen molar-refractivity contribution in [2.45, 2.75) is 45.4 Å². The monoisotopic (exact) mass is 449 g/mol. The zero-order valence-electron chi connectivity index (χ0n) is 19.2. The lowest BCUT2D eigenvalue weighted by atomic mass is 10.0. The van der Waals surface area contributed by atoms with Crippen LogP contribution in [0.1, 0.15) is 66.2 Å². The predicted molar refractivity (Wildman–Crippen MR) is 130 cm³/mol. The van der Waals surface area contributed by atoms with Gasteiger partial charge in [0.15, 0.2) is 0 Å². The van der Waals surface area contributed by atoms with E-state index in [1.807, 2.05) is 12.1 Å². The van der Waals surface area contributed by atoms with Crippen LogP contribution < -0.4 is 10.1 Å². The molecule has 174 valence electrons. The Hall–Kier alpha value is -3.54. The molecule has 6 nitrogen and oxygen atoms in total. The number of ether oxygens (including phenoxy) is 2. The van der Waals surface area contributed by atoms with Crippen LogP contribution in [-0.2, 0) is 4.74 Å². The molecule has 33 heavy (non-hydrogen) atoms. The zero-order chi connectivity index (χ0) is 23.6. The molecule has 6 heteroatoms. The number of nitrogens with one attached hydrogen (secondary N) is 1. The molecule has 0 aliphatic rings. The van der Waals surface area contributed by atoms with Crippen LogP contribution in [-0.4, -0.2) is 30.7 Å². The Morgan fingerprint density at radius 1 is 0.939 bits per heavy atom. The third kappa shape index (κ3) is 6.25. The number of benzene rings is 3. The van der Waals surface area contributed by atoms with Crippen LogP contribution in [0.15, 0.2) is 54.6 Å². The molecule has 0 unspecified atom stereocenters. The molecule has 3 aromatic rings. The highest BCUT2D eigenvalue weighted by atomic mass is 16.5. The lowest BCUT2D eigenvalue weighted by Gasteiger charge is -2.13. The van der Waals surface area contributed by atoms with Crippen LogP contribution in [0.2, 0.25) is 0 Å². The molecule has 0 heterocycles. The number of phenols is 1. The Morgan fingerprint density at radius 3 is 2.48 bits per heavy atom. The van der Waals surface area contributed by atoms with Crippen LogP contribution in [0.5, 0.6) is 11.5 Å². The third-order valence-electron chi connectivity index (χ3n) is 5.56. The molecule has 0 saturated carbocycles. The van der Waals surface area contributed by atoms with Crippen LogP contribution in [0.3, 0.4) is 0 Å². The highest BCUT2D eigenvalue weighted by Gasteiger charge is 2.17. The summed E-state index contributed by atoms with van der Waals surface area (Å²) >= 11 is 0. The van der Waals surface area contributed by atoms with Gasteiger partial charge in [-0.05, 0) is 36.1 Å². The number of hydrogen-bond acceptors (Lipinski definition) is 5. The number of aromatic hydroxyl groups is 1. The Bertz CT molecular complexity index is 1110.